The van der Waals surface area contributed by atoms with Gasteiger partial charge in [0.2, 0.25) is 5.78 Å². The SMILES string of the molecule is CCCn1c2c(c(=O)n(C)c1=O)C(=O)C(=Cc1cc(Br)ccc1F)N2. The highest BCUT2D eigenvalue weighted by Crippen LogP contribution is 2.27. The molecule has 0 bridgehead atoms. The van der Waals surface area contributed by atoms with E-state index in [1.165, 1.54) is 29.8 Å². The normalized spacial score (nSPS) is 14.7. The molecule has 0 fully saturated rings. The number of halogens is 2. The van der Waals surface area contributed by atoms with Crippen molar-refractivity contribution in [3.05, 3.63) is 66.2 Å². The van der Waals surface area contributed by atoms with Crippen molar-refractivity contribution in [1.82, 2.24) is 9.13 Å². The molecule has 6 nitrogen and oxygen atoms in total. The van der Waals surface area contributed by atoms with Gasteiger partial charge in [0.15, 0.2) is 0 Å². The summed E-state index contributed by atoms with van der Waals surface area (Å²) in [5.74, 6) is -0.887. The summed E-state index contributed by atoms with van der Waals surface area (Å²) in [6.45, 7) is 2.24. The van der Waals surface area contributed by atoms with Gasteiger partial charge in [-0.1, -0.05) is 22.9 Å². The molecule has 0 saturated carbocycles. The van der Waals surface area contributed by atoms with Crippen LogP contribution in [0, 0.1) is 5.82 Å². The third-order valence-corrected chi connectivity index (χ3v) is 4.47. The molecule has 1 aromatic heterocycles. The molecule has 8 heteroatoms. The molecule has 0 saturated heterocycles. The summed E-state index contributed by atoms with van der Waals surface area (Å²) in [5.41, 5.74) is -1.01. The second-order valence-electron chi connectivity index (χ2n) is 5.70. The molecule has 0 unspecified atom stereocenters. The van der Waals surface area contributed by atoms with Crippen LogP contribution >= 0.6 is 15.9 Å². The summed E-state index contributed by atoms with van der Waals surface area (Å²) in [7, 11) is 1.33. The number of aromatic nitrogens is 2. The highest BCUT2D eigenvalue weighted by Gasteiger charge is 2.32. The first kappa shape index (κ1) is 17.3. The number of Topliss-reactive ketones (excluding diaryl/α,β-unsaturated/α-hetero) is 1. The summed E-state index contributed by atoms with van der Waals surface area (Å²) >= 11 is 3.25. The van der Waals surface area contributed by atoms with Gasteiger partial charge in [0.05, 0.1) is 5.70 Å². The van der Waals surface area contributed by atoms with E-state index in [-0.39, 0.29) is 22.6 Å². The zero-order valence-corrected chi connectivity index (χ0v) is 15.2. The minimum Gasteiger partial charge on any atom is -0.338 e. The second kappa shape index (κ2) is 6.44. The number of allylic oxidation sites excluding steroid dienone is 1. The van der Waals surface area contributed by atoms with Crippen molar-refractivity contribution in [2.75, 3.05) is 5.32 Å². The van der Waals surface area contributed by atoms with E-state index < -0.39 is 22.8 Å². The van der Waals surface area contributed by atoms with Gasteiger partial charge in [0.25, 0.3) is 5.56 Å². The Morgan fingerprint density at radius 1 is 1.28 bits per heavy atom. The number of nitrogens with one attached hydrogen (secondary N) is 1. The molecule has 1 aromatic carbocycles. The predicted octanol–water partition coefficient (Wildman–Crippen LogP) is 2.51. The number of fused-ring (bicyclic) bond motifs is 1. The average molecular weight is 408 g/mol. The number of ketones is 1. The number of anilines is 1. The summed E-state index contributed by atoms with van der Waals surface area (Å²) in [4.78, 5) is 37.3. The van der Waals surface area contributed by atoms with Gasteiger partial charge in [0, 0.05) is 23.6 Å². The molecule has 0 amide bonds. The Kier molecular flexibility index (Phi) is 4.47. The molecule has 2 heterocycles. The molecule has 3 rings (SSSR count). The molecule has 1 N–H and O–H groups in total. The van der Waals surface area contributed by atoms with Crippen LogP contribution in [0.5, 0.6) is 0 Å². The summed E-state index contributed by atoms with van der Waals surface area (Å²) in [6, 6.07) is 4.34. The van der Waals surface area contributed by atoms with Gasteiger partial charge >= 0.3 is 5.69 Å². The maximum absolute atomic E-state index is 14.0. The van der Waals surface area contributed by atoms with Crippen molar-refractivity contribution < 1.29 is 9.18 Å². The Balaban J connectivity index is 2.19. The molecule has 130 valence electrons. The zero-order valence-electron chi connectivity index (χ0n) is 13.6. The lowest BCUT2D eigenvalue weighted by atomic mass is 10.1. The Bertz CT molecular complexity index is 1040. The van der Waals surface area contributed by atoms with Gasteiger partial charge in [-0.2, -0.15) is 0 Å². The number of benzene rings is 1. The Labute approximate surface area is 150 Å². The number of nitrogens with zero attached hydrogens (tertiary/aromatic N) is 2. The van der Waals surface area contributed by atoms with E-state index in [0.717, 1.165) is 4.57 Å². The van der Waals surface area contributed by atoms with E-state index >= 15 is 0 Å². The Hall–Kier alpha value is -2.48. The van der Waals surface area contributed by atoms with Crippen LogP contribution in [0.15, 0.2) is 38.0 Å². The van der Waals surface area contributed by atoms with Crippen LogP contribution in [-0.2, 0) is 13.6 Å². The average Bonchev–Trinajstić information content (AvgIpc) is 2.89. The number of hydrogen-bond donors (Lipinski definition) is 1. The van der Waals surface area contributed by atoms with E-state index in [1.54, 1.807) is 6.07 Å². The zero-order chi connectivity index (χ0) is 18.3. The van der Waals surface area contributed by atoms with Crippen molar-refractivity contribution in [2.24, 2.45) is 7.05 Å². The standard InChI is InChI=1S/C17H15BrFN3O3/c1-3-6-22-15-13(16(24)21(2)17(22)25)14(23)12(20-15)8-9-7-10(18)4-5-11(9)19/h4-5,7-8,20H,3,6H2,1-2H3. The fourth-order valence-electron chi connectivity index (χ4n) is 2.73. The molecule has 2 aromatic rings. The Morgan fingerprint density at radius 2 is 2.00 bits per heavy atom. The van der Waals surface area contributed by atoms with Crippen LogP contribution < -0.4 is 16.6 Å². The van der Waals surface area contributed by atoms with Crippen LogP contribution in [-0.4, -0.2) is 14.9 Å². The van der Waals surface area contributed by atoms with Gasteiger partial charge in [-0.25, -0.2) is 9.18 Å². The van der Waals surface area contributed by atoms with Gasteiger partial charge in [0.1, 0.15) is 17.2 Å². The minimum atomic E-state index is -0.664. The van der Waals surface area contributed by atoms with Gasteiger partial charge in [-0.05, 0) is 30.7 Å². The van der Waals surface area contributed by atoms with E-state index in [1.807, 2.05) is 6.92 Å². The predicted molar refractivity (Wildman–Crippen MR) is 96.3 cm³/mol. The number of carbonyl (C=O) groups excluding carboxylic acids is 1. The molecular weight excluding hydrogens is 393 g/mol. The molecule has 0 radical (unpaired) electrons. The van der Waals surface area contributed by atoms with Crippen LogP contribution in [0.3, 0.4) is 0 Å². The van der Waals surface area contributed by atoms with Gasteiger partial charge < -0.3 is 5.32 Å². The van der Waals surface area contributed by atoms with Crippen LogP contribution in [0.25, 0.3) is 6.08 Å². The molecule has 0 spiro atoms. The summed E-state index contributed by atoms with van der Waals surface area (Å²) < 4.78 is 16.9. The lowest BCUT2D eigenvalue weighted by molar-refractivity contribution is 0.104. The minimum absolute atomic E-state index is 0.0551. The molecule has 25 heavy (non-hydrogen) atoms. The lowest BCUT2D eigenvalue weighted by Crippen LogP contribution is -2.40. The first-order valence-corrected chi connectivity index (χ1v) is 8.46. The molecule has 1 aliphatic rings. The number of rotatable bonds is 3. The maximum Gasteiger partial charge on any atom is 0.332 e. The Morgan fingerprint density at radius 3 is 2.68 bits per heavy atom. The monoisotopic (exact) mass is 407 g/mol. The fourth-order valence-corrected chi connectivity index (χ4v) is 3.11. The summed E-state index contributed by atoms with van der Waals surface area (Å²) in [6.07, 6.45) is 1.99. The van der Waals surface area contributed by atoms with E-state index in [4.69, 9.17) is 0 Å². The molecule has 1 aliphatic heterocycles. The quantitative estimate of drug-likeness (QED) is 0.793. The lowest BCUT2D eigenvalue weighted by Gasteiger charge is -2.11. The van der Waals surface area contributed by atoms with Crippen molar-refractivity contribution in [3.8, 4) is 0 Å². The number of hydrogen-bond acceptors (Lipinski definition) is 4. The van der Waals surface area contributed by atoms with Gasteiger partial charge in [-0.15, -0.1) is 0 Å². The van der Waals surface area contributed by atoms with Crippen LogP contribution in [0.1, 0.15) is 29.3 Å². The van der Waals surface area contributed by atoms with Crippen molar-refractivity contribution >= 4 is 33.6 Å². The van der Waals surface area contributed by atoms with E-state index in [9.17, 15) is 18.8 Å². The topological polar surface area (TPSA) is 73.1 Å². The van der Waals surface area contributed by atoms with Crippen molar-refractivity contribution in [1.29, 1.82) is 0 Å². The fraction of sp³-hybridized carbons (Fsp3) is 0.235. The van der Waals surface area contributed by atoms with E-state index in [2.05, 4.69) is 21.2 Å². The first-order chi connectivity index (χ1) is 11.8. The third-order valence-electron chi connectivity index (χ3n) is 3.97. The molecule has 0 aliphatic carbocycles. The van der Waals surface area contributed by atoms with Crippen molar-refractivity contribution in [2.45, 2.75) is 19.9 Å². The highest BCUT2D eigenvalue weighted by molar-refractivity contribution is 9.10. The van der Waals surface area contributed by atoms with E-state index in [0.29, 0.717) is 17.4 Å². The second-order valence-corrected chi connectivity index (χ2v) is 6.62. The van der Waals surface area contributed by atoms with Crippen LogP contribution in [0.2, 0.25) is 0 Å². The van der Waals surface area contributed by atoms with Gasteiger partial charge in [-0.3, -0.25) is 18.7 Å². The molecule has 0 atom stereocenters. The largest absolute Gasteiger partial charge is 0.338 e. The third kappa shape index (κ3) is 2.86. The summed E-state index contributed by atoms with van der Waals surface area (Å²) in [5, 5.41) is 2.82. The highest BCUT2D eigenvalue weighted by atomic mass is 79.9. The molecular formula is C17H15BrFN3O3. The number of carbonyl (C=O) groups is 1. The van der Waals surface area contributed by atoms with Crippen LogP contribution in [0.4, 0.5) is 10.2 Å². The van der Waals surface area contributed by atoms with Crippen molar-refractivity contribution in [3.63, 3.8) is 0 Å². The first-order valence-electron chi connectivity index (χ1n) is 7.67. The maximum atomic E-state index is 14.0. The smallest absolute Gasteiger partial charge is 0.332 e.